The van der Waals surface area contributed by atoms with Crippen LogP contribution in [0.25, 0.3) is 0 Å². The van der Waals surface area contributed by atoms with Crippen molar-refractivity contribution >= 4 is 17.7 Å². The van der Waals surface area contributed by atoms with Gasteiger partial charge in [0, 0.05) is 5.75 Å². The van der Waals surface area contributed by atoms with E-state index in [-0.39, 0.29) is 11.9 Å². The molecule has 0 aliphatic rings. The van der Waals surface area contributed by atoms with Crippen molar-refractivity contribution in [3.8, 4) is 0 Å². The van der Waals surface area contributed by atoms with Gasteiger partial charge in [-0.2, -0.15) is 0 Å². The molecule has 1 N–H and O–H groups in total. The molecule has 1 aromatic carbocycles. The number of nitrogens with one attached hydrogen (secondary N) is 1. The van der Waals surface area contributed by atoms with Crippen LogP contribution in [-0.4, -0.2) is 11.7 Å². The molecule has 0 bridgehead atoms. The van der Waals surface area contributed by atoms with Crippen molar-refractivity contribution in [1.29, 1.82) is 0 Å². The molecule has 1 aromatic heterocycles. The van der Waals surface area contributed by atoms with Crippen LogP contribution in [0.3, 0.4) is 0 Å². The topological polar surface area (TPSA) is 42.2 Å². The molecule has 1 amide bonds. The highest BCUT2D eigenvalue weighted by atomic mass is 32.2. The average Bonchev–Trinajstić information content (AvgIpc) is 2.85. The van der Waals surface area contributed by atoms with Crippen molar-refractivity contribution in [2.45, 2.75) is 32.6 Å². The van der Waals surface area contributed by atoms with E-state index < -0.39 is 0 Å². The van der Waals surface area contributed by atoms with Crippen molar-refractivity contribution in [3.63, 3.8) is 0 Å². The standard InChI is InChI=1S/C17H21NO2S/c1-12-5-4-6-15(9-12)10-21-11-17(19)18-14(3)16-8-7-13(2)20-16/h4-9,14H,10-11H2,1-3H3,(H,18,19). The lowest BCUT2D eigenvalue weighted by Gasteiger charge is -2.11. The highest BCUT2D eigenvalue weighted by Gasteiger charge is 2.12. The molecule has 2 aromatic rings. The zero-order chi connectivity index (χ0) is 15.2. The fraction of sp³-hybridized carbons (Fsp3) is 0.353. The molecule has 2 rings (SSSR count). The summed E-state index contributed by atoms with van der Waals surface area (Å²) in [5.74, 6) is 3.00. The Kier molecular flexibility index (Phi) is 5.51. The fourth-order valence-electron chi connectivity index (χ4n) is 2.10. The van der Waals surface area contributed by atoms with Gasteiger partial charge < -0.3 is 9.73 Å². The first-order valence-corrected chi connectivity index (χ1v) is 8.19. The van der Waals surface area contributed by atoms with Crippen molar-refractivity contribution in [2.75, 3.05) is 5.75 Å². The molecule has 1 heterocycles. The molecule has 0 saturated carbocycles. The van der Waals surface area contributed by atoms with Crippen LogP contribution in [0.5, 0.6) is 0 Å². The molecule has 21 heavy (non-hydrogen) atoms. The van der Waals surface area contributed by atoms with Gasteiger partial charge in [0.15, 0.2) is 0 Å². The smallest absolute Gasteiger partial charge is 0.230 e. The molecule has 0 spiro atoms. The van der Waals surface area contributed by atoms with Gasteiger partial charge in [0.2, 0.25) is 5.91 Å². The van der Waals surface area contributed by atoms with Crippen molar-refractivity contribution in [2.24, 2.45) is 0 Å². The van der Waals surface area contributed by atoms with Crippen LogP contribution in [0.2, 0.25) is 0 Å². The molecular formula is C17H21NO2S. The van der Waals surface area contributed by atoms with Gasteiger partial charge in [-0.1, -0.05) is 29.8 Å². The number of carbonyl (C=O) groups excluding carboxylic acids is 1. The number of hydrogen-bond donors (Lipinski definition) is 1. The van der Waals surface area contributed by atoms with Crippen LogP contribution in [0, 0.1) is 13.8 Å². The summed E-state index contributed by atoms with van der Waals surface area (Å²) in [5, 5.41) is 2.95. The number of furan rings is 1. The van der Waals surface area contributed by atoms with Crippen molar-refractivity contribution in [1.82, 2.24) is 5.32 Å². The molecule has 0 aliphatic heterocycles. The van der Waals surface area contributed by atoms with Gasteiger partial charge in [-0.05, 0) is 38.5 Å². The molecule has 1 atom stereocenters. The second kappa shape index (κ2) is 7.36. The summed E-state index contributed by atoms with van der Waals surface area (Å²) >= 11 is 1.62. The fourth-order valence-corrected chi connectivity index (χ4v) is 2.89. The van der Waals surface area contributed by atoms with E-state index in [0.717, 1.165) is 17.3 Å². The lowest BCUT2D eigenvalue weighted by atomic mass is 10.2. The molecular weight excluding hydrogens is 282 g/mol. The summed E-state index contributed by atoms with van der Waals surface area (Å²) in [6, 6.07) is 12.1. The van der Waals surface area contributed by atoms with Gasteiger partial charge in [0.05, 0.1) is 11.8 Å². The SMILES string of the molecule is Cc1cccc(CSCC(=O)NC(C)c2ccc(C)o2)c1. The number of benzene rings is 1. The second-order valence-electron chi connectivity index (χ2n) is 5.22. The van der Waals surface area contributed by atoms with E-state index in [0.29, 0.717) is 5.75 Å². The van der Waals surface area contributed by atoms with E-state index in [1.807, 2.05) is 32.0 Å². The normalized spacial score (nSPS) is 12.1. The number of rotatable bonds is 6. The molecule has 0 fully saturated rings. The summed E-state index contributed by atoms with van der Waals surface area (Å²) < 4.78 is 5.51. The Morgan fingerprint density at radius 3 is 2.76 bits per heavy atom. The Bertz CT molecular complexity index is 606. The second-order valence-corrected chi connectivity index (χ2v) is 6.21. The Labute approximate surface area is 130 Å². The van der Waals surface area contributed by atoms with E-state index in [9.17, 15) is 4.79 Å². The summed E-state index contributed by atoms with van der Waals surface area (Å²) in [4.78, 5) is 11.9. The molecule has 4 heteroatoms. The monoisotopic (exact) mass is 303 g/mol. The van der Waals surface area contributed by atoms with Crippen LogP contribution < -0.4 is 5.32 Å². The van der Waals surface area contributed by atoms with E-state index in [4.69, 9.17) is 4.42 Å². The van der Waals surface area contributed by atoms with E-state index in [1.165, 1.54) is 11.1 Å². The van der Waals surface area contributed by atoms with Gasteiger partial charge >= 0.3 is 0 Å². The Morgan fingerprint density at radius 2 is 2.10 bits per heavy atom. The predicted octanol–water partition coefficient (Wildman–Crippen LogP) is 4.01. The number of carbonyl (C=O) groups is 1. The lowest BCUT2D eigenvalue weighted by molar-refractivity contribution is -0.119. The van der Waals surface area contributed by atoms with E-state index in [1.54, 1.807) is 11.8 Å². The summed E-state index contributed by atoms with van der Waals surface area (Å²) in [7, 11) is 0. The number of thioether (sulfide) groups is 1. The minimum atomic E-state index is -0.0919. The van der Waals surface area contributed by atoms with Gasteiger partial charge in [-0.25, -0.2) is 0 Å². The lowest BCUT2D eigenvalue weighted by Crippen LogP contribution is -2.28. The zero-order valence-corrected chi connectivity index (χ0v) is 13.5. The Hall–Kier alpha value is -1.68. The number of amides is 1. The molecule has 1 unspecified atom stereocenters. The van der Waals surface area contributed by atoms with Gasteiger partial charge in [-0.15, -0.1) is 11.8 Å². The highest BCUT2D eigenvalue weighted by molar-refractivity contribution is 7.99. The summed E-state index contributed by atoms with van der Waals surface area (Å²) in [6.45, 7) is 5.91. The summed E-state index contributed by atoms with van der Waals surface area (Å²) in [6.07, 6.45) is 0. The molecule has 112 valence electrons. The largest absolute Gasteiger partial charge is 0.464 e. The molecule has 3 nitrogen and oxygen atoms in total. The Balaban J connectivity index is 1.75. The summed E-state index contributed by atoms with van der Waals surface area (Å²) in [5.41, 5.74) is 2.50. The minimum absolute atomic E-state index is 0.0363. The zero-order valence-electron chi connectivity index (χ0n) is 12.7. The number of hydrogen-bond acceptors (Lipinski definition) is 3. The van der Waals surface area contributed by atoms with Gasteiger partial charge in [-0.3, -0.25) is 4.79 Å². The number of aryl methyl sites for hydroxylation is 2. The predicted molar refractivity (Wildman–Crippen MR) is 87.3 cm³/mol. The third-order valence-corrected chi connectivity index (χ3v) is 4.15. The van der Waals surface area contributed by atoms with Crippen LogP contribution in [-0.2, 0) is 10.5 Å². The first-order valence-electron chi connectivity index (χ1n) is 7.03. The maximum Gasteiger partial charge on any atom is 0.230 e. The van der Waals surface area contributed by atoms with E-state index >= 15 is 0 Å². The first-order chi connectivity index (χ1) is 10.0. The van der Waals surface area contributed by atoms with Gasteiger partial charge in [0.1, 0.15) is 11.5 Å². The van der Waals surface area contributed by atoms with Crippen LogP contribution >= 0.6 is 11.8 Å². The third kappa shape index (κ3) is 4.97. The average molecular weight is 303 g/mol. The van der Waals surface area contributed by atoms with Crippen molar-refractivity contribution in [3.05, 3.63) is 59.0 Å². The molecule has 0 aliphatic carbocycles. The maximum atomic E-state index is 11.9. The third-order valence-electron chi connectivity index (χ3n) is 3.15. The maximum absolute atomic E-state index is 11.9. The van der Waals surface area contributed by atoms with Gasteiger partial charge in [0.25, 0.3) is 0 Å². The molecule has 0 saturated heterocycles. The molecule has 0 radical (unpaired) electrons. The van der Waals surface area contributed by atoms with Crippen LogP contribution in [0.4, 0.5) is 0 Å². The highest BCUT2D eigenvalue weighted by Crippen LogP contribution is 2.17. The first kappa shape index (κ1) is 15.7. The van der Waals surface area contributed by atoms with Crippen molar-refractivity contribution < 1.29 is 9.21 Å². The van der Waals surface area contributed by atoms with Crippen LogP contribution in [0.1, 0.15) is 35.6 Å². The van der Waals surface area contributed by atoms with Crippen LogP contribution in [0.15, 0.2) is 40.8 Å². The minimum Gasteiger partial charge on any atom is -0.464 e. The van der Waals surface area contributed by atoms with E-state index in [2.05, 4.69) is 30.4 Å². The quantitative estimate of drug-likeness (QED) is 0.877. The Morgan fingerprint density at radius 1 is 1.29 bits per heavy atom.